The second-order valence-corrected chi connectivity index (χ2v) is 13.3. The highest BCUT2D eigenvalue weighted by Crippen LogP contribution is 2.60. The molecule has 0 unspecified atom stereocenters. The molecule has 2 nitrogen and oxygen atoms in total. The number of rotatable bonds is 6. The summed E-state index contributed by atoms with van der Waals surface area (Å²) in [7, 11) is 0. The lowest BCUT2D eigenvalue weighted by molar-refractivity contribution is 0.628. The maximum Gasteiger partial charge on any atom is 0.140 e. The number of furan rings is 1. The van der Waals surface area contributed by atoms with Crippen molar-refractivity contribution in [3.63, 3.8) is 0 Å². The van der Waals surface area contributed by atoms with Gasteiger partial charge >= 0.3 is 0 Å². The molecule has 0 radical (unpaired) electrons. The van der Waals surface area contributed by atoms with Crippen molar-refractivity contribution in [3.05, 3.63) is 222 Å². The van der Waals surface area contributed by atoms with E-state index in [4.69, 9.17) is 4.42 Å². The van der Waals surface area contributed by atoms with Crippen LogP contribution in [0.2, 0.25) is 0 Å². The van der Waals surface area contributed by atoms with Crippen molar-refractivity contribution in [1.82, 2.24) is 0 Å². The number of para-hydroxylation sites is 1. The highest BCUT2D eigenvalue weighted by atomic mass is 16.3. The third kappa shape index (κ3) is 4.50. The van der Waals surface area contributed by atoms with Crippen LogP contribution in [-0.2, 0) is 5.41 Å². The highest BCUT2D eigenvalue weighted by molar-refractivity contribution is 6.01. The quantitative estimate of drug-likeness (QED) is 0.178. The molecule has 0 fully saturated rings. The van der Waals surface area contributed by atoms with Crippen molar-refractivity contribution in [1.29, 1.82) is 0 Å². The Labute approximate surface area is 297 Å². The first-order valence-electron chi connectivity index (χ1n) is 17.5. The van der Waals surface area contributed by atoms with Gasteiger partial charge in [0, 0.05) is 33.3 Å². The van der Waals surface area contributed by atoms with Gasteiger partial charge < -0.3 is 9.32 Å². The molecule has 9 aromatic rings. The Hall–Kier alpha value is -6.64. The van der Waals surface area contributed by atoms with Gasteiger partial charge in [0.05, 0.1) is 11.1 Å². The smallest absolute Gasteiger partial charge is 0.140 e. The van der Waals surface area contributed by atoms with E-state index in [0.717, 1.165) is 39.4 Å². The average molecular weight is 652 g/mol. The zero-order valence-electron chi connectivity index (χ0n) is 27.9. The van der Waals surface area contributed by atoms with Gasteiger partial charge in [0.2, 0.25) is 0 Å². The Balaban J connectivity index is 1.26. The molecule has 1 aromatic heterocycles. The average Bonchev–Trinajstić information content (AvgIpc) is 3.73. The van der Waals surface area contributed by atoms with E-state index in [1.165, 1.54) is 44.2 Å². The van der Waals surface area contributed by atoms with Crippen LogP contribution in [0.25, 0.3) is 44.2 Å². The molecule has 0 saturated heterocycles. The summed E-state index contributed by atoms with van der Waals surface area (Å²) in [6, 6.07) is 72.1. The number of hydrogen-bond donors (Lipinski definition) is 0. The summed E-state index contributed by atoms with van der Waals surface area (Å²) in [6.45, 7) is 0. The Kier molecular flexibility index (Phi) is 6.75. The maximum atomic E-state index is 6.80. The fourth-order valence-corrected chi connectivity index (χ4v) is 8.33. The van der Waals surface area contributed by atoms with Crippen molar-refractivity contribution >= 4 is 38.8 Å². The number of fused-ring (bicyclic) bond motifs is 6. The Morgan fingerprint density at radius 1 is 0.431 bits per heavy atom. The van der Waals surface area contributed by atoms with Crippen molar-refractivity contribution in [2.75, 3.05) is 4.90 Å². The highest BCUT2D eigenvalue weighted by Gasteiger charge is 2.49. The maximum absolute atomic E-state index is 6.80. The molecule has 0 amide bonds. The first-order chi connectivity index (χ1) is 25.3. The second kappa shape index (κ2) is 11.8. The van der Waals surface area contributed by atoms with Crippen LogP contribution in [0.15, 0.2) is 205 Å². The minimum Gasteiger partial charge on any atom is -0.456 e. The normalized spacial score (nSPS) is 12.9. The Morgan fingerprint density at radius 2 is 1.00 bits per heavy atom. The van der Waals surface area contributed by atoms with Crippen LogP contribution in [0.3, 0.4) is 0 Å². The lowest BCUT2D eigenvalue weighted by atomic mass is 9.67. The molecule has 0 spiro atoms. The molecule has 240 valence electrons. The standard InChI is InChI=1S/C49H33NO/c1-4-15-34(16-5-1)35-27-29-39(30-28-35)50(45-25-14-18-36-17-10-11-23-41(36)45)40-31-32-42-44(33-40)49(37-19-6-2-7-20-37,38-21-8-3-9-22-38)47-43-24-12-13-26-46(43)51-48(42)47/h1-33H. The SMILES string of the molecule is c1ccc(-c2ccc(N(c3ccc4c(c3)C(c3ccccc3)(c3ccccc3)c3c-4oc4ccccc34)c3cccc4ccccc34)cc2)cc1. The summed E-state index contributed by atoms with van der Waals surface area (Å²) in [5, 5.41) is 3.54. The minimum absolute atomic E-state index is 0.600. The van der Waals surface area contributed by atoms with Gasteiger partial charge in [0.1, 0.15) is 11.3 Å². The van der Waals surface area contributed by atoms with E-state index in [2.05, 4.69) is 205 Å². The molecule has 1 aliphatic rings. The predicted octanol–water partition coefficient (Wildman–Crippen LogP) is 13.1. The number of anilines is 3. The molecule has 8 aromatic carbocycles. The van der Waals surface area contributed by atoms with E-state index in [9.17, 15) is 0 Å². The van der Waals surface area contributed by atoms with Crippen molar-refractivity contribution in [2.24, 2.45) is 0 Å². The summed E-state index contributed by atoms with van der Waals surface area (Å²) in [6.07, 6.45) is 0. The molecule has 0 aliphatic heterocycles. The van der Waals surface area contributed by atoms with E-state index < -0.39 is 5.41 Å². The summed E-state index contributed by atoms with van der Waals surface area (Å²) in [4.78, 5) is 2.41. The third-order valence-electron chi connectivity index (χ3n) is 10.5. The Bertz CT molecular complexity index is 2630. The van der Waals surface area contributed by atoms with E-state index in [1.807, 2.05) is 0 Å². The van der Waals surface area contributed by atoms with Gasteiger partial charge in [-0.05, 0) is 75.7 Å². The molecule has 2 heteroatoms. The van der Waals surface area contributed by atoms with Gasteiger partial charge in [-0.2, -0.15) is 0 Å². The molecular formula is C49H33NO. The summed E-state index contributed by atoms with van der Waals surface area (Å²) < 4.78 is 6.80. The van der Waals surface area contributed by atoms with Gasteiger partial charge in [0.25, 0.3) is 0 Å². The van der Waals surface area contributed by atoms with Crippen LogP contribution in [0.4, 0.5) is 17.1 Å². The number of nitrogens with zero attached hydrogens (tertiary/aromatic N) is 1. The molecule has 0 saturated carbocycles. The lowest BCUT2D eigenvalue weighted by Gasteiger charge is -2.34. The van der Waals surface area contributed by atoms with Crippen LogP contribution in [0.1, 0.15) is 22.3 Å². The molecule has 0 bridgehead atoms. The zero-order chi connectivity index (χ0) is 33.8. The van der Waals surface area contributed by atoms with Crippen LogP contribution in [-0.4, -0.2) is 0 Å². The van der Waals surface area contributed by atoms with Gasteiger partial charge in [-0.15, -0.1) is 0 Å². The molecule has 10 rings (SSSR count). The minimum atomic E-state index is -0.600. The van der Waals surface area contributed by atoms with Gasteiger partial charge in [0.15, 0.2) is 0 Å². The molecule has 0 atom stereocenters. The van der Waals surface area contributed by atoms with Crippen molar-refractivity contribution in [2.45, 2.75) is 5.41 Å². The topological polar surface area (TPSA) is 16.4 Å². The molecule has 0 N–H and O–H groups in total. The largest absolute Gasteiger partial charge is 0.456 e. The fourth-order valence-electron chi connectivity index (χ4n) is 8.33. The first-order valence-corrected chi connectivity index (χ1v) is 17.5. The van der Waals surface area contributed by atoms with Gasteiger partial charge in [-0.25, -0.2) is 0 Å². The second-order valence-electron chi connectivity index (χ2n) is 13.3. The van der Waals surface area contributed by atoms with Gasteiger partial charge in [-0.1, -0.05) is 158 Å². The monoisotopic (exact) mass is 651 g/mol. The van der Waals surface area contributed by atoms with Crippen molar-refractivity contribution < 1.29 is 4.42 Å². The number of hydrogen-bond acceptors (Lipinski definition) is 2. The number of benzene rings is 8. The van der Waals surface area contributed by atoms with Crippen LogP contribution in [0, 0.1) is 0 Å². The zero-order valence-corrected chi connectivity index (χ0v) is 27.9. The predicted molar refractivity (Wildman–Crippen MR) is 211 cm³/mol. The third-order valence-corrected chi connectivity index (χ3v) is 10.5. The fraction of sp³-hybridized carbons (Fsp3) is 0.0204. The molecular weight excluding hydrogens is 619 g/mol. The van der Waals surface area contributed by atoms with E-state index in [1.54, 1.807) is 0 Å². The van der Waals surface area contributed by atoms with Crippen LogP contribution < -0.4 is 4.90 Å². The molecule has 1 aliphatic carbocycles. The van der Waals surface area contributed by atoms with Crippen LogP contribution in [0.5, 0.6) is 0 Å². The Morgan fingerprint density at radius 3 is 1.73 bits per heavy atom. The van der Waals surface area contributed by atoms with Crippen LogP contribution >= 0.6 is 0 Å². The van der Waals surface area contributed by atoms with Crippen molar-refractivity contribution in [3.8, 4) is 22.5 Å². The van der Waals surface area contributed by atoms with E-state index in [0.29, 0.717) is 0 Å². The summed E-state index contributed by atoms with van der Waals surface area (Å²) in [5.74, 6) is 0.939. The first kappa shape index (κ1) is 29.3. The molecule has 51 heavy (non-hydrogen) atoms. The van der Waals surface area contributed by atoms with Gasteiger partial charge in [-0.3, -0.25) is 0 Å². The lowest BCUT2D eigenvalue weighted by Crippen LogP contribution is -2.28. The summed E-state index contributed by atoms with van der Waals surface area (Å²) >= 11 is 0. The molecule has 1 heterocycles. The van der Waals surface area contributed by atoms with E-state index in [-0.39, 0.29) is 0 Å². The summed E-state index contributed by atoms with van der Waals surface area (Å²) in [5.41, 5.74) is 12.0. The van der Waals surface area contributed by atoms with E-state index >= 15 is 0 Å².